The first kappa shape index (κ1) is 19.4. The average molecular weight is 385 g/mol. The number of fused-ring (bicyclic) bond motifs is 1. The highest BCUT2D eigenvalue weighted by Crippen LogP contribution is 2.33. The van der Waals surface area contributed by atoms with E-state index >= 15 is 0 Å². The van der Waals surface area contributed by atoms with Crippen molar-refractivity contribution in [1.29, 1.82) is 0 Å². The summed E-state index contributed by atoms with van der Waals surface area (Å²) in [6.45, 7) is 3.97. The molecule has 1 aliphatic carbocycles. The monoisotopic (exact) mass is 384 g/mol. The summed E-state index contributed by atoms with van der Waals surface area (Å²) >= 11 is 6.07. The second-order valence-corrected chi connectivity index (χ2v) is 7.89. The van der Waals surface area contributed by atoms with Crippen molar-refractivity contribution in [2.24, 2.45) is 5.92 Å². The van der Waals surface area contributed by atoms with Crippen LogP contribution in [-0.2, 0) is 16.0 Å². The van der Waals surface area contributed by atoms with Crippen LogP contribution in [0.5, 0.6) is 0 Å². The zero-order valence-electron chi connectivity index (χ0n) is 15.7. The molecule has 0 bridgehead atoms. The summed E-state index contributed by atoms with van der Waals surface area (Å²) in [6, 6.07) is 14.4. The molecule has 2 atom stereocenters. The van der Waals surface area contributed by atoms with E-state index in [2.05, 4.69) is 10.6 Å². The van der Waals surface area contributed by atoms with Gasteiger partial charge >= 0.3 is 0 Å². The van der Waals surface area contributed by atoms with Crippen molar-refractivity contribution in [2.45, 2.75) is 45.2 Å². The van der Waals surface area contributed by atoms with Gasteiger partial charge in [0, 0.05) is 11.4 Å². The highest BCUT2D eigenvalue weighted by molar-refractivity contribution is 6.30. The van der Waals surface area contributed by atoms with Crippen molar-refractivity contribution < 1.29 is 9.59 Å². The molecule has 0 aliphatic heterocycles. The fraction of sp³-hybridized carbons (Fsp3) is 0.364. The van der Waals surface area contributed by atoms with Gasteiger partial charge in [0.05, 0.1) is 6.04 Å². The summed E-state index contributed by atoms with van der Waals surface area (Å²) in [5, 5.41) is 6.73. The number of nitrogens with one attached hydrogen (secondary N) is 2. The molecule has 0 heterocycles. The Bertz CT molecular complexity index is 820. The fourth-order valence-corrected chi connectivity index (χ4v) is 3.72. The van der Waals surface area contributed by atoms with Gasteiger partial charge in [-0.15, -0.1) is 0 Å². The number of carbonyl (C=O) groups excluding carboxylic acids is 2. The van der Waals surface area contributed by atoms with Crippen molar-refractivity contribution in [3.05, 3.63) is 70.2 Å². The van der Waals surface area contributed by atoms with Gasteiger partial charge in [0.2, 0.25) is 11.8 Å². The Morgan fingerprint density at radius 2 is 1.89 bits per heavy atom. The summed E-state index contributed by atoms with van der Waals surface area (Å²) in [7, 11) is 0. The molecule has 2 N–H and O–H groups in total. The van der Waals surface area contributed by atoms with Crippen LogP contribution in [0.2, 0.25) is 5.02 Å². The van der Waals surface area contributed by atoms with Gasteiger partial charge in [-0.3, -0.25) is 9.59 Å². The number of benzene rings is 2. The average Bonchev–Trinajstić information content (AvgIpc) is 3.01. The standard InChI is InChI=1S/C22H25ClN2O2/c1-14(2)12-20(26)25-21(15-6-4-3-5-7-15)22(27)24-19-11-8-16-13-17(23)9-10-18(16)19/h3-7,9-10,13-14,19,21H,8,11-12H2,1-2H3,(H,24,27)(H,25,26). The molecule has 2 aromatic carbocycles. The van der Waals surface area contributed by atoms with E-state index in [9.17, 15) is 9.59 Å². The van der Waals surface area contributed by atoms with Gasteiger partial charge in [0.1, 0.15) is 6.04 Å². The molecule has 2 unspecified atom stereocenters. The third-order valence-electron chi connectivity index (χ3n) is 4.79. The van der Waals surface area contributed by atoms with E-state index in [0.717, 1.165) is 24.0 Å². The van der Waals surface area contributed by atoms with E-state index in [1.807, 2.05) is 62.4 Å². The number of carbonyl (C=O) groups is 2. The molecule has 0 radical (unpaired) electrons. The number of halogens is 1. The maximum absolute atomic E-state index is 13.0. The normalized spacial score (nSPS) is 16.7. The van der Waals surface area contributed by atoms with E-state index in [-0.39, 0.29) is 23.8 Å². The van der Waals surface area contributed by atoms with E-state index in [1.165, 1.54) is 5.56 Å². The van der Waals surface area contributed by atoms with Crippen LogP contribution in [0.15, 0.2) is 48.5 Å². The van der Waals surface area contributed by atoms with Crippen molar-refractivity contribution in [2.75, 3.05) is 0 Å². The van der Waals surface area contributed by atoms with Crippen LogP contribution in [0.25, 0.3) is 0 Å². The van der Waals surface area contributed by atoms with E-state index < -0.39 is 6.04 Å². The SMILES string of the molecule is CC(C)CC(=O)NC(C(=O)NC1CCc2cc(Cl)ccc21)c1ccccc1. The number of aryl methyl sites for hydroxylation is 1. The van der Waals surface area contributed by atoms with E-state index in [0.29, 0.717) is 11.4 Å². The maximum atomic E-state index is 13.0. The molecule has 27 heavy (non-hydrogen) atoms. The molecule has 2 amide bonds. The first-order valence-electron chi connectivity index (χ1n) is 9.37. The second kappa shape index (κ2) is 8.57. The minimum atomic E-state index is -0.700. The molecule has 142 valence electrons. The van der Waals surface area contributed by atoms with Crippen molar-refractivity contribution in [3.63, 3.8) is 0 Å². The lowest BCUT2D eigenvalue weighted by Gasteiger charge is -2.22. The lowest BCUT2D eigenvalue weighted by Crippen LogP contribution is -2.41. The molecular formula is C22H25ClN2O2. The second-order valence-electron chi connectivity index (χ2n) is 7.45. The summed E-state index contributed by atoms with van der Waals surface area (Å²) < 4.78 is 0. The summed E-state index contributed by atoms with van der Waals surface area (Å²) in [5.41, 5.74) is 3.06. The predicted octanol–water partition coefficient (Wildman–Crippen LogP) is 4.35. The molecule has 2 aromatic rings. The van der Waals surface area contributed by atoms with Crippen LogP contribution in [0.4, 0.5) is 0 Å². The smallest absolute Gasteiger partial charge is 0.247 e. The summed E-state index contributed by atoms with van der Waals surface area (Å²) in [6.07, 6.45) is 2.11. The van der Waals surface area contributed by atoms with E-state index in [1.54, 1.807) is 0 Å². The quantitative estimate of drug-likeness (QED) is 0.777. The molecular weight excluding hydrogens is 360 g/mol. The lowest BCUT2D eigenvalue weighted by molar-refractivity contribution is -0.130. The Balaban J connectivity index is 1.77. The van der Waals surface area contributed by atoms with Crippen molar-refractivity contribution in [3.8, 4) is 0 Å². The predicted molar refractivity (Wildman–Crippen MR) is 107 cm³/mol. The molecule has 0 saturated heterocycles. The Hall–Kier alpha value is -2.33. The third-order valence-corrected chi connectivity index (χ3v) is 5.03. The van der Waals surface area contributed by atoms with Gasteiger partial charge in [-0.25, -0.2) is 0 Å². The van der Waals surface area contributed by atoms with Crippen molar-refractivity contribution in [1.82, 2.24) is 10.6 Å². The number of hydrogen-bond donors (Lipinski definition) is 2. The molecule has 4 nitrogen and oxygen atoms in total. The van der Waals surface area contributed by atoms with Gasteiger partial charge in [-0.1, -0.05) is 61.8 Å². The van der Waals surface area contributed by atoms with Crippen LogP contribution in [0.3, 0.4) is 0 Å². The Labute approximate surface area is 165 Å². The molecule has 0 saturated carbocycles. The van der Waals surface area contributed by atoms with Gasteiger partial charge in [-0.2, -0.15) is 0 Å². The Kier molecular flexibility index (Phi) is 6.17. The van der Waals surface area contributed by atoms with Crippen molar-refractivity contribution >= 4 is 23.4 Å². The summed E-state index contributed by atoms with van der Waals surface area (Å²) in [5.74, 6) is -0.0744. The van der Waals surface area contributed by atoms with Crippen LogP contribution in [-0.4, -0.2) is 11.8 Å². The Morgan fingerprint density at radius 1 is 1.15 bits per heavy atom. The van der Waals surface area contributed by atoms with Gasteiger partial charge < -0.3 is 10.6 Å². The molecule has 5 heteroatoms. The topological polar surface area (TPSA) is 58.2 Å². The van der Waals surface area contributed by atoms with Crippen LogP contribution in [0, 0.1) is 5.92 Å². The fourth-order valence-electron chi connectivity index (χ4n) is 3.53. The minimum Gasteiger partial charge on any atom is -0.347 e. The zero-order chi connectivity index (χ0) is 19.4. The Morgan fingerprint density at radius 3 is 2.59 bits per heavy atom. The maximum Gasteiger partial charge on any atom is 0.247 e. The molecule has 0 spiro atoms. The highest BCUT2D eigenvalue weighted by atomic mass is 35.5. The van der Waals surface area contributed by atoms with Crippen LogP contribution >= 0.6 is 11.6 Å². The number of hydrogen-bond acceptors (Lipinski definition) is 2. The minimum absolute atomic E-state index is 0.0574. The molecule has 0 aromatic heterocycles. The zero-order valence-corrected chi connectivity index (χ0v) is 16.4. The number of rotatable bonds is 6. The van der Waals surface area contributed by atoms with Crippen LogP contribution < -0.4 is 10.6 Å². The highest BCUT2D eigenvalue weighted by Gasteiger charge is 2.29. The first-order chi connectivity index (χ1) is 12.9. The summed E-state index contributed by atoms with van der Waals surface area (Å²) in [4.78, 5) is 25.4. The molecule has 0 fully saturated rings. The van der Waals surface area contributed by atoms with Gasteiger partial charge in [-0.05, 0) is 47.6 Å². The van der Waals surface area contributed by atoms with Gasteiger partial charge in [0.15, 0.2) is 0 Å². The van der Waals surface area contributed by atoms with Crippen LogP contribution in [0.1, 0.15) is 55.5 Å². The third kappa shape index (κ3) is 4.89. The van der Waals surface area contributed by atoms with Gasteiger partial charge in [0.25, 0.3) is 0 Å². The number of amides is 2. The first-order valence-corrected chi connectivity index (χ1v) is 9.75. The largest absolute Gasteiger partial charge is 0.347 e. The molecule has 3 rings (SSSR count). The lowest BCUT2D eigenvalue weighted by atomic mass is 10.0. The molecule has 1 aliphatic rings. The van der Waals surface area contributed by atoms with E-state index in [4.69, 9.17) is 11.6 Å².